The third kappa shape index (κ3) is 4.45. The Bertz CT molecular complexity index is 1610. The first-order chi connectivity index (χ1) is 19.9. The van der Waals surface area contributed by atoms with E-state index in [2.05, 4.69) is 64.1 Å². The molecule has 220 valence electrons. The molecule has 5 nitrogen and oxygen atoms in total. The molecule has 1 N–H and O–H groups in total. The van der Waals surface area contributed by atoms with Crippen LogP contribution < -0.4 is 18.9 Å². The smallest absolute Gasteiger partial charge is 0.130 e. The van der Waals surface area contributed by atoms with Gasteiger partial charge in [-0.05, 0) is 94.8 Å². The lowest BCUT2D eigenvalue weighted by Gasteiger charge is -2.56. The predicted molar refractivity (Wildman–Crippen MR) is 169 cm³/mol. The number of fused-ring (bicyclic) bond motifs is 7. The standard InChI is InChI=1S/C37H42O5/c1-35(2)19-36(3,4)21-37(20-35)22-13-27(25-11-9-23(39-5)15-31(25)37)28-17-30(34(42-8)18-29(28)32(38)14-22)26-12-10-24(40-6)16-33(26)41-7/h9-18,22,38H,19-21H2,1-8H3. The van der Waals surface area contributed by atoms with Gasteiger partial charge in [-0.25, -0.2) is 0 Å². The maximum Gasteiger partial charge on any atom is 0.130 e. The third-order valence-electron chi connectivity index (χ3n) is 9.52. The topological polar surface area (TPSA) is 57.2 Å². The van der Waals surface area contributed by atoms with Crippen LogP contribution in [-0.4, -0.2) is 33.5 Å². The molecule has 0 heterocycles. The van der Waals surface area contributed by atoms with Crippen LogP contribution >= 0.6 is 0 Å². The molecular weight excluding hydrogens is 524 g/mol. The molecule has 6 rings (SSSR count). The van der Waals surface area contributed by atoms with E-state index in [1.165, 1.54) is 11.1 Å². The van der Waals surface area contributed by atoms with Crippen LogP contribution in [0.5, 0.6) is 23.0 Å². The first kappa shape index (κ1) is 28.3. The number of allylic oxidation sites excluding steroid dienone is 2. The molecule has 2 bridgehead atoms. The highest BCUT2D eigenvalue weighted by Gasteiger charge is 2.54. The van der Waals surface area contributed by atoms with Crippen LogP contribution in [0.15, 0.2) is 60.7 Å². The van der Waals surface area contributed by atoms with Gasteiger partial charge in [-0.3, -0.25) is 0 Å². The Labute approximate surface area is 249 Å². The average molecular weight is 567 g/mol. The fourth-order valence-electron chi connectivity index (χ4n) is 8.64. The van der Waals surface area contributed by atoms with Crippen molar-refractivity contribution in [3.05, 3.63) is 82.9 Å². The zero-order valence-electron chi connectivity index (χ0n) is 26.1. The Balaban J connectivity index is 1.63. The molecule has 42 heavy (non-hydrogen) atoms. The minimum Gasteiger partial charge on any atom is -0.508 e. The van der Waals surface area contributed by atoms with Gasteiger partial charge in [-0.15, -0.1) is 0 Å². The highest BCUT2D eigenvalue weighted by atomic mass is 16.5. The van der Waals surface area contributed by atoms with Crippen LogP contribution in [0.2, 0.25) is 0 Å². The molecule has 0 aliphatic heterocycles. The van der Waals surface area contributed by atoms with Crippen LogP contribution in [0.1, 0.15) is 69.2 Å². The van der Waals surface area contributed by atoms with Crippen LogP contribution in [0.4, 0.5) is 0 Å². The Kier molecular flexibility index (Phi) is 6.64. The van der Waals surface area contributed by atoms with E-state index in [1.54, 1.807) is 28.4 Å². The number of methoxy groups -OCH3 is 4. The molecule has 1 fully saturated rings. The molecule has 0 aromatic heterocycles. The molecular formula is C37H42O5. The summed E-state index contributed by atoms with van der Waals surface area (Å²) in [5.74, 6) is 3.23. The molecule has 1 saturated carbocycles. The number of ether oxygens (including phenoxy) is 4. The number of hydrogen-bond acceptors (Lipinski definition) is 5. The zero-order valence-corrected chi connectivity index (χ0v) is 26.1. The van der Waals surface area contributed by atoms with Crippen LogP contribution in [-0.2, 0) is 5.41 Å². The molecule has 3 aliphatic rings. The lowest BCUT2D eigenvalue weighted by Crippen LogP contribution is -2.49. The molecule has 1 spiro atoms. The highest BCUT2D eigenvalue weighted by Crippen LogP contribution is 2.63. The summed E-state index contributed by atoms with van der Waals surface area (Å²) in [6.07, 6.45) is 7.69. The van der Waals surface area contributed by atoms with E-state index in [4.69, 9.17) is 18.9 Å². The van der Waals surface area contributed by atoms with E-state index < -0.39 is 0 Å². The van der Waals surface area contributed by atoms with E-state index in [0.29, 0.717) is 17.2 Å². The Morgan fingerprint density at radius 2 is 1.19 bits per heavy atom. The van der Waals surface area contributed by atoms with E-state index in [0.717, 1.165) is 52.8 Å². The molecule has 3 aromatic carbocycles. The molecule has 0 amide bonds. The second-order valence-corrected chi connectivity index (χ2v) is 13.7. The van der Waals surface area contributed by atoms with E-state index in [9.17, 15) is 5.11 Å². The van der Waals surface area contributed by atoms with Crippen molar-refractivity contribution in [2.45, 2.75) is 52.4 Å². The first-order valence-electron chi connectivity index (χ1n) is 14.7. The van der Waals surface area contributed by atoms with Crippen molar-refractivity contribution >= 4 is 11.3 Å². The summed E-state index contributed by atoms with van der Waals surface area (Å²) in [5, 5.41) is 11.8. The van der Waals surface area contributed by atoms with Gasteiger partial charge in [-0.2, -0.15) is 0 Å². The van der Waals surface area contributed by atoms with E-state index >= 15 is 0 Å². The van der Waals surface area contributed by atoms with Crippen molar-refractivity contribution in [2.24, 2.45) is 16.7 Å². The lowest BCUT2D eigenvalue weighted by atomic mass is 9.48. The van der Waals surface area contributed by atoms with Crippen molar-refractivity contribution in [3.8, 4) is 34.1 Å². The van der Waals surface area contributed by atoms with Gasteiger partial charge in [0.05, 0.1) is 28.4 Å². The monoisotopic (exact) mass is 566 g/mol. The maximum absolute atomic E-state index is 11.8. The summed E-state index contributed by atoms with van der Waals surface area (Å²) in [6.45, 7) is 9.57. The van der Waals surface area contributed by atoms with Gasteiger partial charge in [0, 0.05) is 34.1 Å². The van der Waals surface area contributed by atoms with Crippen LogP contribution in [0.25, 0.3) is 22.5 Å². The highest BCUT2D eigenvalue weighted by molar-refractivity contribution is 5.94. The summed E-state index contributed by atoms with van der Waals surface area (Å²) in [7, 11) is 6.71. The third-order valence-corrected chi connectivity index (χ3v) is 9.52. The first-order valence-corrected chi connectivity index (χ1v) is 14.7. The number of hydrogen-bond donors (Lipinski definition) is 1. The van der Waals surface area contributed by atoms with Crippen molar-refractivity contribution in [3.63, 3.8) is 0 Å². The van der Waals surface area contributed by atoms with Crippen molar-refractivity contribution in [2.75, 3.05) is 28.4 Å². The van der Waals surface area contributed by atoms with Crippen LogP contribution in [0.3, 0.4) is 0 Å². The fourth-order valence-corrected chi connectivity index (χ4v) is 8.64. The predicted octanol–water partition coefficient (Wildman–Crippen LogP) is 8.84. The molecule has 3 aliphatic carbocycles. The number of aliphatic hydroxyl groups excluding tert-OH is 1. The summed E-state index contributed by atoms with van der Waals surface area (Å²) < 4.78 is 22.9. The van der Waals surface area contributed by atoms with Crippen molar-refractivity contribution < 1.29 is 24.1 Å². The Morgan fingerprint density at radius 1 is 0.595 bits per heavy atom. The maximum atomic E-state index is 11.8. The second kappa shape index (κ2) is 9.86. The fraction of sp³-hybridized carbons (Fsp3) is 0.405. The van der Waals surface area contributed by atoms with Gasteiger partial charge < -0.3 is 24.1 Å². The molecule has 5 heteroatoms. The minimum absolute atomic E-state index is 0.0170. The van der Waals surface area contributed by atoms with Gasteiger partial charge in [0.2, 0.25) is 0 Å². The molecule has 1 unspecified atom stereocenters. The quantitative estimate of drug-likeness (QED) is 0.334. The SMILES string of the molecule is COc1ccc(-c2cc3c(cc2OC)C(O)=CC2C=C3c3ccc(OC)cc3C23CC(C)(C)CC(C)(C)C3)c(OC)c1. The number of aliphatic hydroxyl groups is 1. The van der Waals surface area contributed by atoms with Gasteiger partial charge in [-0.1, -0.05) is 39.8 Å². The Morgan fingerprint density at radius 3 is 1.81 bits per heavy atom. The van der Waals surface area contributed by atoms with Crippen LogP contribution in [0, 0.1) is 16.7 Å². The molecule has 3 aromatic rings. The number of rotatable bonds is 5. The van der Waals surface area contributed by atoms with Gasteiger partial charge in [0.25, 0.3) is 0 Å². The summed E-state index contributed by atoms with van der Waals surface area (Å²) in [4.78, 5) is 0. The summed E-state index contributed by atoms with van der Waals surface area (Å²) >= 11 is 0. The largest absolute Gasteiger partial charge is 0.508 e. The van der Waals surface area contributed by atoms with Gasteiger partial charge >= 0.3 is 0 Å². The molecule has 0 radical (unpaired) electrons. The van der Waals surface area contributed by atoms with Crippen molar-refractivity contribution in [1.29, 1.82) is 0 Å². The summed E-state index contributed by atoms with van der Waals surface area (Å²) in [6, 6.07) is 16.4. The van der Waals surface area contributed by atoms with Gasteiger partial charge in [0.1, 0.15) is 28.8 Å². The molecule has 1 atom stereocenters. The summed E-state index contributed by atoms with van der Waals surface area (Å²) in [5.41, 5.74) is 7.23. The Hall–Kier alpha value is -3.86. The van der Waals surface area contributed by atoms with E-state index in [-0.39, 0.29) is 27.9 Å². The second-order valence-electron chi connectivity index (χ2n) is 13.7. The minimum atomic E-state index is -0.180. The molecule has 0 saturated heterocycles. The zero-order chi connectivity index (χ0) is 30.0. The van der Waals surface area contributed by atoms with Gasteiger partial charge in [0.15, 0.2) is 0 Å². The number of benzene rings is 3. The van der Waals surface area contributed by atoms with Crippen molar-refractivity contribution in [1.82, 2.24) is 0 Å². The van der Waals surface area contributed by atoms with E-state index in [1.807, 2.05) is 24.3 Å². The average Bonchev–Trinajstić information content (AvgIpc) is 3.08. The normalized spacial score (nSPS) is 20.8. The lowest BCUT2D eigenvalue weighted by molar-refractivity contribution is 0.0302.